The molecule has 3 rings (SSSR count). The summed E-state index contributed by atoms with van der Waals surface area (Å²) in [6.45, 7) is 0. The van der Waals surface area contributed by atoms with Crippen molar-refractivity contribution < 1.29 is 0 Å². The van der Waals surface area contributed by atoms with Crippen molar-refractivity contribution in [3.8, 4) is 0 Å². The average Bonchev–Trinajstić information content (AvgIpc) is 2.65. The number of fused-ring (bicyclic) bond motifs is 3. The molecule has 0 atom stereocenters. The molecule has 0 unspecified atom stereocenters. The summed E-state index contributed by atoms with van der Waals surface area (Å²) in [6, 6.07) is 4.49. The molecule has 63 valence electrons. The zero-order valence-corrected chi connectivity index (χ0v) is 7.46. The largest absolute Gasteiger partial charge is 0.0836 e. The van der Waals surface area contributed by atoms with Gasteiger partial charge in [0.25, 0.3) is 0 Å². The fourth-order valence-electron chi connectivity index (χ4n) is 2.13. The highest BCUT2D eigenvalue weighted by Gasteiger charge is 2.13. The van der Waals surface area contributed by atoms with Gasteiger partial charge in [-0.15, -0.1) is 0 Å². The quantitative estimate of drug-likeness (QED) is 0.556. The van der Waals surface area contributed by atoms with Crippen LogP contribution in [0.4, 0.5) is 0 Å². The van der Waals surface area contributed by atoms with Gasteiger partial charge >= 0.3 is 0 Å². The third kappa shape index (κ3) is 0.983. The molecule has 2 aliphatic rings. The number of rotatable bonds is 0. The van der Waals surface area contributed by atoms with E-state index in [-0.39, 0.29) is 0 Å². The van der Waals surface area contributed by atoms with Crippen molar-refractivity contribution in [2.75, 3.05) is 0 Å². The summed E-state index contributed by atoms with van der Waals surface area (Å²) in [5, 5.41) is 0. The van der Waals surface area contributed by atoms with E-state index in [1.165, 1.54) is 35.1 Å². The Balaban J connectivity index is 2.27. The summed E-state index contributed by atoms with van der Waals surface area (Å²) in [5.74, 6) is 0. The van der Waals surface area contributed by atoms with E-state index in [4.69, 9.17) is 0 Å². The fourth-order valence-corrected chi connectivity index (χ4v) is 2.13. The molecule has 1 aromatic carbocycles. The van der Waals surface area contributed by atoms with E-state index in [1.54, 1.807) is 0 Å². The molecule has 0 saturated heterocycles. The van der Waals surface area contributed by atoms with Gasteiger partial charge in [0, 0.05) is 6.42 Å². The highest BCUT2D eigenvalue weighted by atomic mass is 14.2. The lowest BCUT2D eigenvalue weighted by molar-refractivity contribution is 0.982. The Morgan fingerprint density at radius 3 is 3.00 bits per heavy atom. The highest BCUT2D eigenvalue weighted by molar-refractivity contribution is 5.74. The van der Waals surface area contributed by atoms with E-state index in [0.717, 1.165) is 0 Å². The van der Waals surface area contributed by atoms with Crippen LogP contribution in [-0.4, -0.2) is 0 Å². The Bertz CT molecular complexity index is 408. The van der Waals surface area contributed by atoms with Gasteiger partial charge in [0.1, 0.15) is 0 Å². The van der Waals surface area contributed by atoms with E-state index in [1.807, 2.05) is 0 Å². The van der Waals surface area contributed by atoms with Crippen molar-refractivity contribution in [3.63, 3.8) is 0 Å². The maximum Gasteiger partial charge on any atom is 0.0137 e. The normalized spacial score (nSPS) is 17.2. The fraction of sp³-hybridized carbons (Fsp3) is 0.154. The van der Waals surface area contributed by atoms with Crippen LogP contribution in [0.3, 0.4) is 0 Å². The van der Waals surface area contributed by atoms with Crippen LogP contribution in [0.1, 0.15) is 28.7 Å². The lowest BCUT2D eigenvalue weighted by atomic mass is 9.91. The smallest absolute Gasteiger partial charge is 0.0137 e. The van der Waals surface area contributed by atoms with E-state index in [0.29, 0.717) is 0 Å². The van der Waals surface area contributed by atoms with Crippen LogP contribution in [0, 0.1) is 6.42 Å². The number of hydrogen-bond acceptors (Lipinski definition) is 0. The van der Waals surface area contributed by atoms with Crippen LogP contribution < -0.4 is 0 Å². The van der Waals surface area contributed by atoms with Gasteiger partial charge in [-0.1, -0.05) is 36.4 Å². The van der Waals surface area contributed by atoms with Crippen molar-refractivity contribution in [3.05, 3.63) is 53.0 Å². The molecule has 1 radical (unpaired) electrons. The van der Waals surface area contributed by atoms with Gasteiger partial charge in [-0.25, -0.2) is 0 Å². The molecule has 0 amide bonds. The number of allylic oxidation sites excluding steroid dienone is 2. The first-order valence-corrected chi connectivity index (χ1v) is 4.79. The second-order valence-electron chi connectivity index (χ2n) is 3.61. The molecule has 0 bridgehead atoms. The topological polar surface area (TPSA) is 0 Å². The molecule has 0 nitrogen and oxygen atoms in total. The maximum atomic E-state index is 2.27. The lowest BCUT2D eigenvalue weighted by Gasteiger charge is -2.14. The summed E-state index contributed by atoms with van der Waals surface area (Å²) in [4.78, 5) is 0. The molecule has 0 N–H and O–H groups in total. The molecule has 2 aliphatic carbocycles. The Morgan fingerprint density at radius 2 is 2.00 bits per heavy atom. The first-order chi connectivity index (χ1) is 6.45. The summed E-state index contributed by atoms with van der Waals surface area (Å²) in [5.41, 5.74) is 5.72. The van der Waals surface area contributed by atoms with Gasteiger partial charge in [-0.2, -0.15) is 0 Å². The Labute approximate surface area is 78.6 Å². The summed E-state index contributed by atoms with van der Waals surface area (Å²) in [6.07, 6.45) is 13.5. The van der Waals surface area contributed by atoms with Gasteiger partial charge in [-0.3, -0.25) is 0 Å². The number of aryl methyl sites for hydroxylation is 1. The second-order valence-corrected chi connectivity index (χ2v) is 3.61. The Hall–Kier alpha value is -1.30. The first-order valence-electron chi connectivity index (χ1n) is 4.79. The van der Waals surface area contributed by atoms with Crippen LogP contribution in [0.5, 0.6) is 0 Å². The van der Waals surface area contributed by atoms with Gasteiger partial charge in [0.2, 0.25) is 0 Å². The average molecular weight is 167 g/mol. The van der Waals surface area contributed by atoms with Crippen LogP contribution in [0.15, 0.2) is 24.3 Å². The maximum absolute atomic E-state index is 2.27. The zero-order chi connectivity index (χ0) is 8.67. The van der Waals surface area contributed by atoms with E-state index >= 15 is 0 Å². The minimum atomic E-state index is 1.19. The van der Waals surface area contributed by atoms with E-state index < -0.39 is 0 Å². The van der Waals surface area contributed by atoms with Gasteiger partial charge < -0.3 is 0 Å². The van der Waals surface area contributed by atoms with Crippen molar-refractivity contribution >= 4 is 12.2 Å². The summed E-state index contributed by atoms with van der Waals surface area (Å²) in [7, 11) is 0. The third-order valence-corrected chi connectivity index (χ3v) is 2.81. The van der Waals surface area contributed by atoms with Crippen molar-refractivity contribution in [2.45, 2.75) is 12.8 Å². The molecule has 0 fully saturated rings. The monoisotopic (exact) mass is 167 g/mol. The molecule has 0 aliphatic heterocycles. The molecule has 0 aromatic heterocycles. The van der Waals surface area contributed by atoms with Crippen LogP contribution in [0.25, 0.3) is 12.2 Å². The molecule has 0 saturated carbocycles. The molecule has 13 heavy (non-hydrogen) atoms. The Morgan fingerprint density at radius 1 is 1.00 bits per heavy atom. The van der Waals surface area contributed by atoms with Gasteiger partial charge in [-0.05, 0) is 35.1 Å². The van der Waals surface area contributed by atoms with Crippen LogP contribution >= 0.6 is 0 Å². The molecular formula is C13H11. The summed E-state index contributed by atoms with van der Waals surface area (Å²) >= 11 is 0. The minimum Gasteiger partial charge on any atom is -0.0836 e. The Kier molecular flexibility index (Phi) is 1.42. The second kappa shape index (κ2) is 2.59. The van der Waals surface area contributed by atoms with Crippen molar-refractivity contribution in [1.29, 1.82) is 0 Å². The standard InChI is InChI=1S/C13H11/c1-2-6-12-10(4-1)8-9-11-5-3-7-13(11)12/h2-3,5-9H,1,4H2. The molecular weight excluding hydrogens is 156 g/mol. The molecule has 0 spiro atoms. The van der Waals surface area contributed by atoms with E-state index in [2.05, 4.69) is 42.9 Å². The molecule has 1 aromatic rings. The highest BCUT2D eigenvalue weighted by Crippen LogP contribution is 2.31. The number of benzene rings is 1. The summed E-state index contributed by atoms with van der Waals surface area (Å²) < 4.78 is 0. The zero-order valence-electron chi connectivity index (χ0n) is 7.46. The predicted octanol–water partition coefficient (Wildman–Crippen LogP) is 3.23. The van der Waals surface area contributed by atoms with Crippen LogP contribution in [-0.2, 0) is 6.42 Å². The van der Waals surface area contributed by atoms with Gasteiger partial charge in [0.15, 0.2) is 0 Å². The molecule has 0 heterocycles. The molecule has 0 heteroatoms. The minimum absolute atomic E-state index is 1.19. The third-order valence-electron chi connectivity index (χ3n) is 2.81. The van der Waals surface area contributed by atoms with Crippen molar-refractivity contribution in [2.24, 2.45) is 0 Å². The predicted molar refractivity (Wildman–Crippen MR) is 56.2 cm³/mol. The van der Waals surface area contributed by atoms with Gasteiger partial charge in [0.05, 0.1) is 0 Å². The SMILES string of the molecule is [CH]1C=Cc2ccc3c(c21)C=CCC3. The van der Waals surface area contributed by atoms with Crippen LogP contribution in [0.2, 0.25) is 0 Å². The van der Waals surface area contributed by atoms with E-state index in [9.17, 15) is 0 Å². The first kappa shape index (κ1) is 7.14. The lowest BCUT2D eigenvalue weighted by Crippen LogP contribution is -1.98. The van der Waals surface area contributed by atoms with Crippen molar-refractivity contribution in [1.82, 2.24) is 0 Å². The number of hydrogen-bond donors (Lipinski definition) is 0.